The molecule has 0 saturated heterocycles. The molecule has 0 unspecified atom stereocenters. The zero-order chi connectivity index (χ0) is 24.8. The highest BCUT2D eigenvalue weighted by Crippen LogP contribution is 2.32. The van der Waals surface area contributed by atoms with Crippen LogP contribution in [-0.4, -0.2) is 59.7 Å². The summed E-state index contributed by atoms with van der Waals surface area (Å²) in [4.78, 5) is 12.1. The van der Waals surface area contributed by atoms with Gasteiger partial charge in [-0.05, 0) is 49.7 Å². The van der Waals surface area contributed by atoms with Crippen molar-refractivity contribution in [3.63, 3.8) is 0 Å². The lowest BCUT2D eigenvalue weighted by Crippen LogP contribution is -2.32. The second-order valence-electron chi connectivity index (χ2n) is 7.79. The Morgan fingerprint density at radius 3 is 2.54 bits per heavy atom. The molecule has 0 bridgehead atoms. The van der Waals surface area contributed by atoms with E-state index in [1.54, 1.807) is 49.1 Å². The molecule has 35 heavy (non-hydrogen) atoms. The van der Waals surface area contributed by atoms with Gasteiger partial charge in [-0.1, -0.05) is 17.7 Å². The summed E-state index contributed by atoms with van der Waals surface area (Å²) >= 11 is 0. The lowest BCUT2D eigenvalue weighted by Gasteiger charge is -2.11. The van der Waals surface area contributed by atoms with Crippen molar-refractivity contribution in [2.24, 2.45) is 0 Å². The number of fused-ring (bicyclic) bond motifs is 1. The molecule has 1 N–H and O–H groups in total. The number of carbonyl (C=O) groups excluding carboxylic acids is 1. The molecule has 0 saturated carbocycles. The van der Waals surface area contributed by atoms with Gasteiger partial charge < -0.3 is 24.3 Å². The van der Waals surface area contributed by atoms with Gasteiger partial charge in [-0.15, -0.1) is 15.3 Å². The number of benzene rings is 2. The van der Waals surface area contributed by atoms with Crippen molar-refractivity contribution in [1.82, 2.24) is 25.1 Å². The van der Waals surface area contributed by atoms with Crippen LogP contribution in [0.2, 0.25) is 0 Å². The maximum atomic E-state index is 12.1. The van der Waals surface area contributed by atoms with Crippen LogP contribution in [0, 0.1) is 13.8 Å². The Balaban J connectivity index is 1.35. The van der Waals surface area contributed by atoms with Gasteiger partial charge in [0.05, 0.1) is 26.3 Å². The second kappa shape index (κ2) is 10.7. The number of methoxy groups -OCH3 is 2. The van der Waals surface area contributed by atoms with Crippen molar-refractivity contribution < 1.29 is 23.7 Å². The smallest absolute Gasteiger partial charge is 0.258 e. The van der Waals surface area contributed by atoms with Gasteiger partial charge in [-0.3, -0.25) is 4.79 Å². The topological polar surface area (TPSA) is 109 Å². The van der Waals surface area contributed by atoms with E-state index in [2.05, 4.69) is 20.6 Å². The minimum absolute atomic E-state index is 0.0689. The van der Waals surface area contributed by atoms with Crippen molar-refractivity contribution in [3.05, 3.63) is 59.7 Å². The van der Waals surface area contributed by atoms with E-state index in [1.165, 1.54) is 0 Å². The summed E-state index contributed by atoms with van der Waals surface area (Å²) in [6.07, 6.45) is 0. The molecule has 0 aliphatic heterocycles. The van der Waals surface area contributed by atoms with Crippen molar-refractivity contribution in [2.75, 3.05) is 34.0 Å². The molecular weight excluding hydrogens is 450 g/mol. The maximum absolute atomic E-state index is 12.1. The van der Waals surface area contributed by atoms with Gasteiger partial charge in [0.25, 0.3) is 5.91 Å². The zero-order valence-electron chi connectivity index (χ0n) is 20.1. The summed E-state index contributed by atoms with van der Waals surface area (Å²) in [5.74, 6) is 2.57. The normalized spacial score (nSPS) is 10.7. The van der Waals surface area contributed by atoms with Crippen LogP contribution in [-0.2, 0) is 4.79 Å². The third-order valence-corrected chi connectivity index (χ3v) is 5.25. The van der Waals surface area contributed by atoms with Gasteiger partial charge in [0.15, 0.2) is 18.1 Å². The summed E-state index contributed by atoms with van der Waals surface area (Å²) < 4.78 is 23.7. The lowest BCUT2D eigenvalue weighted by molar-refractivity contribution is -0.123. The first kappa shape index (κ1) is 23.8. The summed E-state index contributed by atoms with van der Waals surface area (Å²) in [6.45, 7) is 4.42. The van der Waals surface area contributed by atoms with E-state index >= 15 is 0 Å². The van der Waals surface area contributed by atoms with Gasteiger partial charge in [0.1, 0.15) is 23.9 Å². The van der Waals surface area contributed by atoms with Crippen LogP contribution in [0.1, 0.15) is 11.1 Å². The molecule has 2 aromatic carbocycles. The molecule has 2 heterocycles. The van der Waals surface area contributed by atoms with Crippen LogP contribution >= 0.6 is 0 Å². The molecule has 4 rings (SSSR count). The predicted molar refractivity (Wildman–Crippen MR) is 129 cm³/mol. The summed E-state index contributed by atoms with van der Waals surface area (Å²) in [7, 11) is 3.17. The summed E-state index contributed by atoms with van der Waals surface area (Å²) in [5.41, 5.74) is 3.36. The number of aromatic nitrogens is 4. The maximum Gasteiger partial charge on any atom is 0.258 e. The fourth-order valence-electron chi connectivity index (χ4n) is 3.51. The van der Waals surface area contributed by atoms with E-state index < -0.39 is 0 Å². The number of nitrogens with one attached hydrogen (secondary N) is 1. The van der Waals surface area contributed by atoms with E-state index in [9.17, 15) is 4.79 Å². The van der Waals surface area contributed by atoms with E-state index in [0.29, 0.717) is 46.7 Å². The van der Waals surface area contributed by atoms with Crippen LogP contribution in [0.5, 0.6) is 23.1 Å². The molecule has 0 atom stereocenters. The summed E-state index contributed by atoms with van der Waals surface area (Å²) in [5, 5.41) is 15.7. The van der Waals surface area contributed by atoms with Crippen LogP contribution in [0.3, 0.4) is 0 Å². The molecule has 0 aliphatic carbocycles. The third-order valence-electron chi connectivity index (χ3n) is 5.25. The standard InChI is InChI=1S/C25H27N5O5/c1-16-5-7-20(17(2)13-16)35-15-23(31)26-11-12-34-24-10-9-22-27-28-25(30(22)29-24)19-14-18(32-3)6-8-21(19)33-4/h5-10,13-14H,11-12,15H2,1-4H3,(H,26,31). The molecule has 0 radical (unpaired) electrons. The Morgan fingerprint density at radius 1 is 0.943 bits per heavy atom. The second-order valence-corrected chi connectivity index (χ2v) is 7.79. The molecular formula is C25H27N5O5. The van der Waals surface area contributed by atoms with Gasteiger partial charge in [-0.25, -0.2) is 0 Å². The van der Waals surface area contributed by atoms with E-state index in [0.717, 1.165) is 11.1 Å². The number of aryl methyl sites for hydroxylation is 2. The van der Waals surface area contributed by atoms with Gasteiger partial charge in [-0.2, -0.15) is 4.52 Å². The first-order valence-corrected chi connectivity index (χ1v) is 11.0. The average molecular weight is 478 g/mol. The van der Waals surface area contributed by atoms with E-state index in [-0.39, 0.29) is 19.1 Å². The first-order chi connectivity index (χ1) is 17.0. The van der Waals surface area contributed by atoms with Crippen molar-refractivity contribution >= 4 is 11.6 Å². The van der Waals surface area contributed by atoms with Crippen molar-refractivity contribution in [1.29, 1.82) is 0 Å². The van der Waals surface area contributed by atoms with Gasteiger partial charge >= 0.3 is 0 Å². The number of hydrogen-bond acceptors (Lipinski definition) is 8. The lowest BCUT2D eigenvalue weighted by atomic mass is 10.1. The third kappa shape index (κ3) is 5.60. The fraction of sp³-hybridized carbons (Fsp3) is 0.280. The average Bonchev–Trinajstić information content (AvgIpc) is 3.29. The molecule has 182 valence electrons. The Kier molecular flexibility index (Phi) is 7.30. The van der Waals surface area contributed by atoms with Gasteiger partial charge in [0, 0.05) is 6.07 Å². The number of ether oxygens (including phenoxy) is 4. The molecule has 4 aromatic rings. The van der Waals surface area contributed by atoms with Crippen LogP contribution in [0.25, 0.3) is 17.0 Å². The molecule has 10 heteroatoms. The monoisotopic (exact) mass is 477 g/mol. The number of amides is 1. The molecule has 0 spiro atoms. The SMILES string of the molecule is COc1ccc(OC)c(-c2nnc3ccc(OCCNC(=O)COc4ccc(C)cc4C)nn23)c1. The zero-order valence-corrected chi connectivity index (χ0v) is 20.1. The molecule has 2 aromatic heterocycles. The van der Waals surface area contributed by atoms with Crippen LogP contribution in [0.4, 0.5) is 0 Å². The minimum atomic E-state index is -0.233. The van der Waals surface area contributed by atoms with Crippen LogP contribution < -0.4 is 24.3 Å². The van der Waals surface area contributed by atoms with Crippen molar-refractivity contribution in [2.45, 2.75) is 13.8 Å². The molecule has 10 nitrogen and oxygen atoms in total. The number of carbonyl (C=O) groups is 1. The van der Waals surface area contributed by atoms with Crippen molar-refractivity contribution in [3.8, 4) is 34.5 Å². The molecule has 0 aliphatic rings. The highest BCUT2D eigenvalue weighted by atomic mass is 16.5. The van der Waals surface area contributed by atoms with E-state index in [4.69, 9.17) is 18.9 Å². The first-order valence-electron chi connectivity index (χ1n) is 11.0. The van der Waals surface area contributed by atoms with E-state index in [1.807, 2.05) is 32.0 Å². The minimum Gasteiger partial charge on any atom is -0.497 e. The van der Waals surface area contributed by atoms with Gasteiger partial charge in [0.2, 0.25) is 5.88 Å². The number of rotatable bonds is 10. The number of nitrogens with zero attached hydrogens (tertiary/aromatic N) is 4. The largest absolute Gasteiger partial charge is 0.497 e. The predicted octanol–water partition coefficient (Wildman–Crippen LogP) is 3.00. The Bertz CT molecular complexity index is 1340. The molecule has 0 fully saturated rings. The highest BCUT2D eigenvalue weighted by molar-refractivity contribution is 5.77. The number of hydrogen-bond donors (Lipinski definition) is 1. The highest BCUT2D eigenvalue weighted by Gasteiger charge is 2.16. The fourth-order valence-corrected chi connectivity index (χ4v) is 3.51. The Morgan fingerprint density at radius 2 is 1.77 bits per heavy atom. The summed E-state index contributed by atoms with van der Waals surface area (Å²) in [6, 6.07) is 14.7. The quantitative estimate of drug-likeness (QED) is 0.347. The molecule has 1 amide bonds. The van der Waals surface area contributed by atoms with Crippen LogP contribution in [0.15, 0.2) is 48.5 Å². The Labute approximate surface area is 202 Å². The Hall–Kier alpha value is -4.34.